The molecule has 3 N–H and O–H groups in total. The van der Waals surface area contributed by atoms with Crippen molar-refractivity contribution in [1.82, 2.24) is 0 Å². The van der Waals surface area contributed by atoms with Crippen LogP contribution in [-0.2, 0) is 9.24 Å². The van der Waals surface area contributed by atoms with Crippen LogP contribution in [0.15, 0.2) is 0 Å². The van der Waals surface area contributed by atoms with Crippen LogP contribution < -0.4 is 0 Å². The van der Waals surface area contributed by atoms with Crippen LogP contribution in [0.2, 0.25) is 0 Å². The molecule has 0 rings (SSSR count). The molecule has 0 fully saturated rings. The van der Waals surface area contributed by atoms with Crippen LogP contribution in [-0.4, -0.2) is 52.8 Å². The maximum absolute atomic E-state index is 9.22. The fraction of sp³-hybridized carbons (Fsp3) is 0. The standard InChI is InChI=1S/Ca.H3O5P.2H/c;1-5-6(2,3)4;;/h;1H,(H2,2,3,4);;/q+2;;2*-1. The summed E-state index contributed by atoms with van der Waals surface area (Å²) in [6.07, 6.45) is 0. The van der Waals surface area contributed by atoms with E-state index in [4.69, 9.17) is 15.0 Å². The van der Waals surface area contributed by atoms with E-state index in [0.717, 1.165) is 0 Å². The smallest absolute Gasteiger partial charge is 1.00 e. The van der Waals surface area contributed by atoms with E-state index in [2.05, 4.69) is 4.67 Å². The topological polar surface area (TPSA) is 87.0 Å². The summed E-state index contributed by atoms with van der Waals surface area (Å²) in [6.45, 7) is 0. The molecular formula is H5CaO5P. The van der Waals surface area contributed by atoms with Gasteiger partial charge in [0.15, 0.2) is 0 Å². The number of hydrogen-bond donors (Lipinski definition) is 3. The first-order valence-electron chi connectivity index (χ1n) is 0.948. The van der Waals surface area contributed by atoms with E-state index in [9.17, 15) is 4.57 Å². The van der Waals surface area contributed by atoms with E-state index >= 15 is 0 Å². The number of rotatable bonds is 1. The van der Waals surface area contributed by atoms with Crippen molar-refractivity contribution in [2.75, 3.05) is 0 Å². The molecule has 0 bridgehead atoms. The van der Waals surface area contributed by atoms with E-state index in [1.54, 1.807) is 0 Å². The summed E-state index contributed by atoms with van der Waals surface area (Å²) < 4.78 is 11.8. The van der Waals surface area contributed by atoms with E-state index < -0.39 is 7.82 Å². The maximum atomic E-state index is 9.22. The van der Waals surface area contributed by atoms with E-state index in [-0.39, 0.29) is 40.6 Å². The van der Waals surface area contributed by atoms with E-state index in [1.807, 2.05) is 0 Å². The first kappa shape index (κ1) is 11.2. The Morgan fingerprint density at radius 2 is 1.71 bits per heavy atom. The molecule has 0 saturated heterocycles. The predicted molar refractivity (Wildman–Crippen MR) is 23.7 cm³/mol. The Labute approximate surface area is 72.4 Å². The summed E-state index contributed by atoms with van der Waals surface area (Å²) >= 11 is 0. The second-order valence-electron chi connectivity index (χ2n) is 0.572. The summed E-state index contributed by atoms with van der Waals surface area (Å²) in [4.78, 5) is 14.9. The van der Waals surface area contributed by atoms with Crippen LogP contribution in [0.5, 0.6) is 0 Å². The van der Waals surface area contributed by atoms with Gasteiger partial charge in [0.1, 0.15) is 0 Å². The molecule has 0 aromatic carbocycles. The quantitative estimate of drug-likeness (QED) is 0.204. The molecule has 0 aromatic heterocycles. The average Bonchev–Trinajstić information content (AvgIpc) is 1.35. The van der Waals surface area contributed by atoms with Crippen molar-refractivity contribution < 1.29 is 27.1 Å². The molecule has 0 atom stereocenters. The Balaban J connectivity index is -0.0000000417. The largest absolute Gasteiger partial charge is 2.00 e. The molecule has 0 aromatic rings. The normalized spacial score (nSPS) is 10.1. The molecule has 42 valence electrons. The van der Waals surface area contributed by atoms with Crippen LogP contribution >= 0.6 is 7.82 Å². The van der Waals surface area contributed by atoms with Gasteiger partial charge >= 0.3 is 45.6 Å². The van der Waals surface area contributed by atoms with Gasteiger partial charge in [-0.3, -0.25) is 0 Å². The van der Waals surface area contributed by atoms with Gasteiger partial charge in [0, 0.05) is 0 Å². The molecule has 0 unspecified atom stereocenters. The average molecular weight is 156 g/mol. The van der Waals surface area contributed by atoms with Gasteiger partial charge in [-0.1, -0.05) is 0 Å². The zero-order chi connectivity index (χ0) is 5.21. The molecule has 0 aliphatic rings. The zero-order valence-corrected chi connectivity index (χ0v) is 6.42. The SMILES string of the molecule is O=P(O)(O)OO.[Ca+2].[H-].[H-]. The van der Waals surface area contributed by atoms with Crippen molar-refractivity contribution in [1.29, 1.82) is 0 Å². The van der Waals surface area contributed by atoms with Gasteiger partial charge in [-0.05, 0) is 0 Å². The van der Waals surface area contributed by atoms with Crippen molar-refractivity contribution in [3.63, 3.8) is 0 Å². The Kier molecular flexibility index (Phi) is 6.75. The van der Waals surface area contributed by atoms with Gasteiger partial charge < -0.3 is 12.6 Å². The minimum absolute atomic E-state index is 0. The molecular weight excluding hydrogens is 151 g/mol. The Morgan fingerprint density at radius 3 is 1.71 bits per heavy atom. The second-order valence-corrected chi connectivity index (χ2v) is 1.72. The van der Waals surface area contributed by atoms with Gasteiger partial charge in [-0.15, -0.1) is 4.67 Å². The molecule has 5 nitrogen and oxygen atoms in total. The van der Waals surface area contributed by atoms with Crippen LogP contribution in [0.25, 0.3) is 0 Å². The summed E-state index contributed by atoms with van der Waals surface area (Å²) in [5.74, 6) is 0. The predicted octanol–water partition coefficient (Wildman–Crippen LogP) is -0.587. The third kappa shape index (κ3) is 11.1. The number of phosphoric acid groups is 1. The van der Waals surface area contributed by atoms with Crippen LogP contribution in [0.1, 0.15) is 2.85 Å². The van der Waals surface area contributed by atoms with Crippen molar-refractivity contribution in [2.24, 2.45) is 0 Å². The molecule has 0 aliphatic heterocycles. The Hall–Kier alpha value is 1.33. The number of hydrogen-bond acceptors (Lipinski definition) is 3. The summed E-state index contributed by atoms with van der Waals surface area (Å²) in [5, 5.41) is 7.14. The van der Waals surface area contributed by atoms with E-state index in [0.29, 0.717) is 0 Å². The molecule has 7 heteroatoms. The summed E-state index contributed by atoms with van der Waals surface area (Å²) in [7, 11) is -4.59. The van der Waals surface area contributed by atoms with Crippen molar-refractivity contribution in [2.45, 2.75) is 0 Å². The summed E-state index contributed by atoms with van der Waals surface area (Å²) in [6, 6.07) is 0. The van der Waals surface area contributed by atoms with Crippen molar-refractivity contribution in [3.8, 4) is 0 Å². The molecule has 0 aliphatic carbocycles. The van der Waals surface area contributed by atoms with Crippen molar-refractivity contribution in [3.05, 3.63) is 0 Å². The third-order valence-electron chi connectivity index (χ3n) is 0.106. The molecule has 0 spiro atoms. The van der Waals surface area contributed by atoms with Crippen molar-refractivity contribution >= 4 is 45.6 Å². The van der Waals surface area contributed by atoms with Gasteiger partial charge in [0.25, 0.3) is 0 Å². The third-order valence-corrected chi connectivity index (χ3v) is 0.319. The minimum atomic E-state index is -4.59. The zero-order valence-electron chi connectivity index (χ0n) is 5.31. The Morgan fingerprint density at radius 1 is 1.57 bits per heavy atom. The molecule has 7 heavy (non-hydrogen) atoms. The first-order chi connectivity index (χ1) is 2.56. The van der Waals surface area contributed by atoms with Gasteiger partial charge in [0.05, 0.1) is 0 Å². The Bertz CT molecular complexity index is 79.0. The minimum Gasteiger partial charge on any atom is -1.00 e. The molecule has 0 amide bonds. The van der Waals surface area contributed by atoms with Gasteiger partial charge in [-0.25, -0.2) is 9.82 Å². The first-order valence-corrected chi connectivity index (χ1v) is 2.48. The summed E-state index contributed by atoms with van der Waals surface area (Å²) in [5.41, 5.74) is 0. The van der Waals surface area contributed by atoms with Crippen LogP contribution in [0.3, 0.4) is 0 Å². The molecule has 0 heterocycles. The molecule has 0 saturated carbocycles. The maximum Gasteiger partial charge on any atom is 2.00 e. The fourth-order valence-corrected chi connectivity index (χ4v) is 0. The fourth-order valence-electron chi connectivity index (χ4n) is 0. The molecule has 0 radical (unpaired) electrons. The second kappa shape index (κ2) is 4.23. The van der Waals surface area contributed by atoms with E-state index in [1.165, 1.54) is 0 Å². The van der Waals surface area contributed by atoms with Gasteiger partial charge in [-0.2, -0.15) is 0 Å². The van der Waals surface area contributed by atoms with Crippen LogP contribution in [0, 0.1) is 0 Å². The van der Waals surface area contributed by atoms with Crippen LogP contribution in [0.4, 0.5) is 0 Å². The van der Waals surface area contributed by atoms with Gasteiger partial charge in [0.2, 0.25) is 0 Å². The monoisotopic (exact) mass is 156 g/mol.